The zero-order valence-corrected chi connectivity index (χ0v) is 18.6. The van der Waals surface area contributed by atoms with Gasteiger partial charge in [0, 0.05) is 43.7 Å². The molecule has 3 rings (SSSR count). The standard InChI is InChI=1S/C23H26ClFN2O4/c1-26(14-17-18(24)5-4-6-19(17)25)23(29)16-12-22(28)27(13-16)10-9-15-7-8-20(30-2)21(11-15)31-3/h4-8,11,16H,9-10,12-14H2,1-3H3. The summed E-state index contributed by atoms with van der Waals surface area (Å²) in [5.41, 5.74) is 1.28. The summed E-state index contributed by atoms with van der Waals surface area (Å²) in [5.74, 6) is 0.124. The lowest BCUT2D eigenvalue weighted by Crippen LogP contribution is -2.35. The smallest absolute Gasteiger partial charge is 0.228 e. The average Bonchev–Trinajstić information content (AvgIpc) is 3.14. The SMILES string of the molecule is COc1ccc(CCN2CC(C(=O)N(C)Cc3c(F)cccc3Cl)CC2=O)cc1OC. The molecule has 2 aromatic rings. The monoisotopic (exact) mass is 448 g/mol. The lowest BCUT2D eigenvalue weighted by Gasteiger charge is -2.22. The molecule has 1 aliphatic heterocycles. The van der Waals surface area contributed by atoms with Crippen LogP contribution in [-0.4, -0.2) is 56.0 Å². The third-order valence-electron chi connectivity index (χ3n) is 5.52. The number of carbonyl (C=O) groups excluding carboxylic acids is 2. The van der Waals surface area contributed by atoms with Crippen LogP contribution in [0.2, 0.25) is 5.02 Å². The topological polar surface area (TPSA) is 59.1 Å². The van der Waals surface area contributed by atoms with E-state index in [4.69, 9.17) is 21.1 Å². The van der Waals surface area contributed by atoms with E-state index >= 15 is 0 Å². The van der Waals surface area contributed by atoms with Gasteiger partial charge in [-0.15, -0.1) is 0 Å². The Morgan fingerprint density at radius 2 is 1.97 bits per heavy atom. The Kier molecular flexibility index (Phi) is 7.38. The maximum atomic E-state index is 14.0. The Bertz CT molecular complexity index is 948. The predicted molar refractivity (Wildman–Crippen MR) is 116 cm³/mol. The van der Waals surface area contributed by atoms with Gasteiger partial charge in [0.15, 0.2) is 11.5 Å². The van der Waals surface area contributed by atoms with Crippen LogP contribution in [0.1, 0.15) is 17.5 Å². The van der Waals surface area contributed by atoms with E-state index in [1.54, 1.807) is 32.2 Å². The van der Waals surface area contributed by atoms with E-state index in [9.17, 15) is 14.0 Å². The predicted octanol–water partition coefficient (Wildman–Crippen LogP) is 3.55. The lowest BCUT2D eigenvalue weighted by atomic mass is 10.1. The number of likely N-dealkylation sites (tertiary alicyclic amines) is 1. The molecule has 1 aliphatic rings. The van der Waals surface area contributed by atoms with Gasteiger partial charge in [0.1, 0.15) is 5.82 Å². The van der Waals surface area contributed by atoms with Crippen LogP contribution in [0.5, 0.6) is 11.5 Å². The first kappa shape index (κ1) is 22.9. The van der Waals surface area contributed by atoms with Crippen LogP contribution in [-0.2, 0) is 22.6 Å². The molecule has 1 fully saturated rings. The van der Waals surface area contributed by atoms with Gasteiger partial charge in [0.2, 0.25) is 11.8 Å². The molecule has 0 saturated carbocycles. The van der Waals surface area contributed by atoms with Crippen molar-refractivity contribution >= 4 is 23.4 Å². The second-order valence-electron chi connectivity index (χ2n) is 7.57. The minimum absolute atomic E-state index is 0.0562. The van der Waals surface area contributed by atoms with E-state index in [1.165, 1.54) is 17.0 Å². The molecule has 0 radical (unpaired) electrons. The van der Waals surface area contributed by atoms with Crippen molar-refractivity contribution in [1.82, 2.24) is 9.80 Å². The van der Waals surface area contributed by atoms with Crippen molar-refractivity contribution in [3.63, 3.8) is 0 Å². The minimum Gasteiger partial charge on any atom is -0.493 e. The van der Waals surface area contributed by atoms with Crippen molar-refractivity contribution in [1.29, 1.82) is 0 Å². The van der Waals surface area contributed by atoms with Crippen LogP contribution in [0.4, 0.5) is 4.39 Å². The van der Waals surface area contributed by atoms with Gasteiger partial charge < -0.3 is 19.3 Å². The molecule has 31 heavy (non-hydrogen) atoms. The first-order valence-corrected chi connectivity index (χ1v) is 10.4. The van der Waals surface area contributed by atoms with Crippen LogP contribution in [0, 0.1) is 11.7 Å². The Balaban J connectivity index is 1.58. The fourth-order valence-corrected chi connectivity index (χ4v) is 3.99. The molecule has 0 aromatic heterocycles. The molecule has 1 saturated heterocycles. The van der Waals surface area contributed by atoms with Crippen molar-refractivity contribution in [2.75, 3.05) is 34.4 Å². The van der Waals surface area contributed by atoms with E-state index < -0.39 is 11.7 Å². The first-order valence-electron chi connectivity index (χ1n) is 10.0. The summed E-state index contributed by atoms with van der Waals surface area (Å²) in [7, 11) is 4.75. The second-order valence-corrected chi connectivity index (χ2v) is 7.98. The molecule has 0 spiro atoms. The zero-order chi connectivity index (χ0) is 22.5. The normalized spacial score (nSPS) is 15.8. The van der Waals surface area contributed by atoms with Gasteiger partial charge in [-0.1, -0.05) is 23.7 Å². The third-order valence-corrected chi connectivity index (χ3v) is 5.87. The van der Waals surface area contributed by atoms with Crippen molar-refractivity contribution in [2.45, 2.75) is 19.4 Å². The van der Waals surface area contributed by atoms with Crippen LogP contribution >= 0.6 is 11.6 Å². The van der Waals surface area contributed by atoms with Gasteiger partial charge in [-0.05, 0) is 36.2 Å². The molecular weight excluding hydrogens is 423 g/mol. The van der Waals surface area contributed by atoms with E-state index in [2.05, 4.69) is 0 Å². The molecule has 1 heterocycles. The number of nitrogens with zero attached hydrogens (tertiary/aromatic N) is 2. The Morgan fingerprint density at radius 1 is 1.23 bits per heavy atom. The molecule has 0 bridgehead atoms. The highest BCUT2D eigenvalue weighted by molar-refractivity contribution is 6.31. The Morgan fingerprint density at radius 3 is 2.65 bits per heavy atom. The maximum Gasteiger partial charge on any atom is 0.228 e. The summed E-state index contributed by atoms with van der Waals surface area (Å²) in [5, 5.41) is 0.277. The van der Waals surface area contributed by atoms with Crippen LogP contribution in [0.25, 0.3) is 0 Å². The highest BCUT2D eigenvalue weighted by Gasteiger charge is 2.35. The molecule has 8 heteroatoms. The summed E-state index contributed by atoms with van der Waals surface area (Å²) in [6.45, 7) is 0.905. The van der Waals surface area contributed by atoms with Gasteiger partial charge in [-0.3, -0.25) is 9.59 Å². The van der Waals surface area contributed by atoms with Crippen LogP contribution < -0.4 is 9.47 Å². The maximum absolute atomic E-state index is 14.0. The molecule has 6 nitrogen and oxygen atoms in total. The third kappa shape index (κ3) is 5.28. The highest BCUT2D eigenvalue weighted by atomic mass is 35.5. The van der Waals surface area contributed by atoms with Gasteiger partial charge in [0.05, 0.1) is 20.1 Å². The molecule has 166 valence electrons. The summed E-state index contributed by atoms with van der Waals surface area (Å²) in [6.07, 6.45) is 0.786. The fraction of sp³-hybridized carbons (Fsp3) is 0.391. The summed E-state index contributed by atoms with van der Waals surface area (Å²) < 4.78 is 24.6. The number of methoxy groups -OCH3 is 2. The number of amides is 2. The number of benzene rings is 2. The Hall–Kier alpha value is -2.80. The number of hydrogen-bond acceptors (Lipinski definition) is 4. The van der Waals surface area contributed by atoms with Crippen molar-refractivity contribution in [3.05, 3.63) is 58.4 Å². The zero-order valence-electron chi connectivity index (χ0n) is 17.9. The van der Waals surface area contributed by atoms with Gasteiger partial charge in [0.25, 0.3) is 0 Å². The minimum atomic E-state index is -0.453. The van der Waals surface area contributed by atoms with E-state index in [0.717, 1.165) is 5.56 Å². The quantitative estimate of drug-likeness (QED) is 0.619. The summed E-state index contributed by atoms with van der Waals surface area (Å²) >= 11 is 6.07. The lowest BCUT2D eigenvalue weighted by molar-refractivity contribution is -0.135. The van der Waals surface area contributed by atoms with Crippen LogP contribution in [0.3, 0.4) is 0 Å². The van der Waals surface area contributed by atoms with E-state index in [-0.39, 0.29) is 35.4 Å². The molecule has 1 atom stereocenters. The highest BCUT2D eigenvalue weighted by Crippen LogP contribution is 2.28. The number of hydrogen-bond donors (Lipinski definition) is 0. The largest absolute Gasteiger partial charge is 0.493 e. The molecule has 0 aliphatic carbocycles. The van der Waals surface area contributed by atoms with Crippen molar-refractivity contribution in [2.24, 2.45) is 5.92 Å². The van der Waals surface area contributed by atoms with Gasteiger partial charge >= 0.3 is 0 Å². The molecular formula is C23H26ClFN2O4. The average molecular weight is 449 g/mol. The number of halogens is 2. The summed E-state index contributed by atoms with van der Waals surface area (Å²) in [4.78, 5) is 28.4. The van der Waals surface area contributed by atoms with Crippen LogP contribution in [0.15, 0.2) is 36.4 Å². The molecule has 0 N–H and O–H groups in total. The van der Waals surface area contributed by atoms with Crippen molar-refractivity contribution in [3.8, 4) is 11.5 Å². The van der Waals surface area contributed by atoms with E-state index in [1.807, 2.05) is 18.2 Å². The first-order chi connectivity index (χ1) is 14.8. The number of ether oxygens (including phenoxy) is 2. The van der Waals surface area contributed by atoms with Gasteiger partial charge in [-0.2, -0.15) is 0 Å². The van der Waals surface area contributed by atoms with Gasteiger partial charge in [-0.25, -0.2) is 4.39 Å². The second kappa shape index (κ2) is 10.0. The molecule has 2 aromatic carbocycles. The fourth-order valence-electron chi connectivity index (χ4n) is 3.76. The molecule has 2 amide bonds. The van der Waals surface area contributed by atoms with E-state index in [0.29, 0.717) is 31.0 Å². The van der Waals surface area contributed by atoms with Crippen molar-refractivity contribution < 1.29 is 23.5 Å². The number of carbonyl (C=O) groups is 2. The Labute approximate surface area is 186 Å². The molecule has 1 unspecified atom stereocenters. The number of rotatable bonds is 8. The summed E-state index contributed by atoms with van der Waals surface area (Å²) in [6, 6.07) is 10.1.